The summed E-state index contributed by atoms with van der Waals surface area (Å²) in [6.45, 7) is 4.47. The molecule has 0 bridgehead atoms. The van der Waals surface area contributed by atoms with Crippen LogP contribution >= 0.6 is 0 Å². The van der Waals surface area contributed by atoms with Crippen LogP contribution < -0.4 is 14.8 Å². The number of hydrogen-bond donors (Lipinski definition) is 1. The summed E-state index contributed by atoms with van der Waals surface area (Å²) in [5.41, 5.74) is 3.73. The molecule has 0 radical (unpaired) electrons. The van der Waals surface area contributed by atoms with Gasteiger partial charge in [0.05, 0.1) is 19.3 Å². The van der Waals surface area contributed by atoms with E-state index < -0.39 is 0 Å². The van der Waals surface area contributed by atoms with Crippen LogP contribution in [0.1, 0.15) is 22.8 Å². The topological polar surface area (TPSA) is 60.7 Å². The zero-order valence-electron chi connectivity index (χ0n) is 17.2. The lowest BCUT2D eigenvalue weighted by molar-refractivity contribution is 0.102. The molecule has 0 aliphatic heterocycles. The summed E-state index contributed by atoms with van der Waals surface area (Å²) in [5.74, 6) is 1.69. The normalized spacial score (nSPS) is 10.8. The van der Waals surface area contributed by atoms with Crippen LogP contribution in [0.5, 0.6) is 11.5 Å². The van der Waals surface area contributed by atoms with E-state index in [9.17, 15) is 4.79 Å². The van der Waals surface area contributed by atoms with Gasteiger partial charge in [0.15, 0.2) is 0 Å². The van der Waals surface area contributed by atoms with Gasteiger partial charge >= 0.3 is 0 Å². The second-order valence-electron chi connectivity index (χ2n) is 6.95. The maximum absolute atomic E-state index is 13.3. The number of methoxy groups -OCH3 is 1. The Kier molecular flexibility index (Phi) is 5.44. The van der Waals surface area contributed by atoms with Crippen molar-refractivity contribution in [3.63, 3.8) is 0 Å². The molecule has 5 nitrogen and oxygen atoms in total. The van der Waals surface area contributed by atoms with Gasteiger partial charge in [0.1, 0.15) is 22.8 Å². The van der Waals surface area contributed by atoms with Crippen molar-refractivity contribution in [2.75, 3.05) is 19.0 Å². The van der Waals surface area contributed by atoms with Crippen molar-refractivity contribution in [3.05, 3.63) is 77.9 Å². The molecule has 1 aromatic heterocycles. The van der Waals surface area contributed by atoms with Crippen molar-refractivity contribution in [2.45, 2.75) is 13.8 Å². The second kappa shape index (κ2) is 8.33. The maximum Gasteiger partial charge on any atom is 0.260 e. The highest BCUT2D eigenvalue weighted by Crippen LogP contribution is 2.36. The highest BCUT2D eigenvalue weighted by atomic mass is 16.5. The quantitative estimate of drug-likeness (QED) is 0.426. The molecule has 0 spiro atoms. The molecule has 5 heteroatoms. The van der Waals surface area contributed by atoms with E-state index in [2.05, 4.69) is 5.32 Å². The molecule has 152 valence electrons. The zero-order valence-corrected chi connectivity index (χ0v) is 17.2. The summed E-state index contributed by atoms with van der Waals surface area (Å²) in [4.78, 5) is 13.3. The monoisotopic (exact) mass is 401 g/mol. The molecule has 0 saturated heterocycles. The minimum Gasteiger partial charge on any atom is -0.497 e. The molecule has 1 N–H and O–H groups in total. The highest BCUT2D eigenvalue weighted by molar-refractivity contribution is 6.16. The smallest absolute Gasteiger partial charge is 0.260 e. The van der Waals surface area contributed by atoms with Gasteiger partial charge in [-0.2, -0.15) is 0 Å². The summed E-state index contributed by atoms with van der Waals surface area (Å²) in [6.07, 6.45) is 0. The van der Waals surface area contributed by atoms with Crippen LogP contribution in [-0.4, -0.2) is 19.6 Å². The van der Waals surface area contributed by atoms with Crippen LogP contribution in [0.25, 0.3) is 22.3 Å². The van der Waals surface area contributed by atoms with Gasteiger partial charge in [-0.25, -0.2) is 0 Å². The van der Waals surface area contributed by atoms with E-state index >= 15 is 0 Å². The molecule has 0 saturated carbocycles. The van der Waals surface area contributed by atoms with Crippen LogP contribution in [0, 0.1) is 6.92 Å². The van der Waals surface area contributed by atoms with Gasteiger partial charge in [0.2, 0.25) is 0 Å². The Morgan fingerprint density at radius 1 is 0.967 bits per heavy atom. The molecule has 1 heterocycles. The first-order valence-electron chi connectivity index (χ1n) is 9.81. The van der Waals surface area contributed by atoms with Gasteiger partial charge in [-0.15, -0.1) is 0 Å². The van der Waals surface area contributed by atoms with Crippen molar-refractivity contribution >= 4 is 22.6 Å². The fourth-order valence-corrected chi connectivity index (χ4v) is 3.33. The van der Waals surface area contributed by atoms with E-state index in [4.69, 9.17) is 13.9 Å². The molecule has 3 aromatic carbocycles. The van der Waals surface area contributed by atoms with E-state index in [1.54, 1.807) is 7.11 Å². The number of nitrogens with one attached hydrogen (secondary N) is 1. The average Bonchev–Trinajstić information content (AvgIpc) is 3.14. The van der Waals surface area contributed by atoms with E-state index in [1.165, 1.54) is 0 Å². The van der Waals surface area contributed by atoms with Crippen LogP contribution in [0.3, 0.4) is 0 Å². The van der Waals surface area contributed by atoms with E-state index in [0.717, 1.165) is 22.6 Å². The van der Waals surface area contributed by atoms with Crippen molar-refractivity contribution in [3.8, 4) is 22.8 Å². The fourth-order valence-electron chi connectivity index (χ4n) is 3.33. The summed E-state index contributed by atoms with van der Waals surface area (Å²) >= 11 is 0. The third kappa shape index (κ3) is 3.87. The van der Waals surface area contributed by atoms with Gasteiger partial charge in [0, 0.05) is 16.6 Å². The molecule has 30 heavy (non-hydrogen) atoms. The van der Waals surface area contributed by atoms with Crippen molar-refractivity contribution < 1.29 is 18.7 Å². The highest BCUT2D eigenvalue weighted by Gasteiger charge is 2.23. The van der Waals surface area contributed by atoms with Crippen LogP contribution in [0.15, 0.2) is 71.1 Å². The zero-order chi connectivity index (χ0) is 21.1. The Morgan fingerprint density at radius 2 is 1.67 bits per heavy atom. The molecule has 0 fully saturated rings. The Labute approximate surface area is 175 Å². The first-order chi connectivity index (χ1) is 14.6. The van der Waals surface area contributed by atoms with Gasteiger partial charge in [-0.05, 0) is 68.4 Å². The Balaban J connectivity index is 1.82. The number of anilines is 1. The first-order valence-corrected chi connectivity index (χ1v) is 9.81. The van der Waals surface area contributed by atoms with E-state index in [0.29, 0.717) is 34.6 Å². The lowest BCUT2D eigenvalue weighted by Crippen LogP contribution is -2.12. The largest absolute Gasteiger partial charge is 0.497 e. The molecule has 0 aliphatic rings. The summed E-state index contributed by atoms with van der Waals surface area (Å²) < 4.78 is 17.0. The SMILES string of the molecule is CCOc1ccc2oc(-c3ccc(OC)cc3)c(C(=O)Nc3ccc(C)cc3)c2c1. The molecule has 0 atom stereocenters. The van der Waals surface area contributed by atoms with Crippen LogP contribution in [-0.2, 0) is 0 Å². The number of fused-ring (bicyclic) bond motifs is 1. The van der Waals surface area contributed by atoms with Crippen molar-refractivity contribution in [2.24, 2.45) is 0 Å². The van der Waals surface area contributed by atoms with E-state index in [1.807, 2.05) is 80.6 Å². The minimum absolute atomic E-state index is 0.239. The fraction of sp³-hybridized carbons (Fsp3) is 0.160. The number of ether oxygens (including phenoxy) is 2. The number of hydrogen-bond acceptors (Lipinski definition) is 4. The standard InChI is InChI=1S/C25H23NO4/c1-4-29-20-13-14-22-21(15-20)23(25(27)26-18-9-5-16(2)6-10-18)24(30-22)17-7-11-19(28-3)12-8-17/h5-15H,4H2,1-3H3,(H,26,27). The Bertz CT molecular complexity index is 1170. The Hall–Kier alpha value is -3.73. The number of rotatable bonds is 6. The molecular weight excluding hydrogens is 378 g/mol. The first kappa shape index (κ1) is 19.6. The van der Waals surface area contributed by atoms with Crippen molar-refractivity contribution in [1.82, 2.24) is 0 Å². The van der Waals surface area contributed by atoms with Gasteiger partial charge in [-0.1, -0.05) is 17.7 Å². The second-order valence-corrected chi connectivity index (χ2v) is 6.95. The Morgan fingerprint density at radius 3 is 2.33 bits per heavy atom. The third-order valence-electron chi connectivity index (χ3n) is 4.86. The van der Waals surface area contributed by atoms with Gasteiger partial charge in [0.25, 0.3) is 5.91 Å². The predicted octanol–water partition coefficient (Wildman–Crippen LogP) is 6.07. The summed E-state index contributed by atoms with van der Waals surface area (Å²) in [7, 11) is 1.62. The van der Waals surface area contributed by atoms with Gasteiger partial charge < -0.3 is 19.2 Å². The lowest BCUT2D eigenvalue weighted by atomic mass is 10.0. The van der Waals surface area contributed by atoms with Crippen LogP contribution in [0.4, 0.5) is 5.69 Å². The number of carbonyl (C=O) groups excluding carboxylic acids is 1. The molecule has 4 rings (SSSR count). The molecule has 0 unspecified atom stereocenters. The number of aryl methyl sites for hydroxylation is 1. The lowest BCUT2D eigenvalue weighted by Gasteiger charge is -2.08. The number of carbonyl (C=O) groups is 1. The van der Waals surface area contributed by atoms with Crippen LogP contribution in [0.2, 0.25) is 0 Å². The average molecular weight is 401 g/mol. The summed E-state index contributed by atoms with van der Waals surface area (Å²) in [6, 6.07) is 20.6. The number of furan rings is 1. The third-order valence-corrected chi connectivity index (χ3v) is 4.86. The maximum atomic E-state index is 13.3. The van der Waals surface area contributed by atoms with Gasteiger partial charge in [-0.3, -0.25) is 4.79 Å². The molecule has 1 amide bonds. The van der Waals surface area contributed by atoms with Crippen molar-refractivity contribution in [1.29, 1.82) is 0 Å². The molecule has 0 aliphatic carbocycles. The predicted molar refractivity (Wildman–Crippen MR) is 119 cm³/mol. The number of benzene rings is 3. The van der Waals surface area contributed by atoms with E-state index in [-0.39, 0.29) is 5.91 Å². The number of amides is 1. The molecule has 4 aromatic rings. The molecular formula is C25H23NO4. The minimum atomic E-state index is -0.239. The summed E-state index contributed by atoms with van der Waals surface area (Å²) in [5, 5.41) is 3.69.